The Labute approximate surface area is 308 Å². The second-order valence-corrected chi connectivity index (χ2v) is 16.5. The molecule has 2 nitrogen and oxygen atoms in total. The van der Waals surface area contributed by atoms with Crippen molar-refractivity contribution in [1.82, 2.24) is 0 Å². The number of pyridine rings is 2. The van der Waals surface area contributed by atoms with Crippen LogP contribution in [0.2, 0.25) is 0 Å². The van der Waals surface area contributed by atoms with Crippen LogP contribution in [-0.4, -0.2) is 0 Å². The SMILES string of the molecule is Cc1ccc(-c2ccccc2)cc1-c1cc(C(C)(C)C)cc[n+]1-[n+]1ccc(C(C)(C)C)cc1-c1cc2c3ccccc3c3ccccc3c2cc1C. The number of benzene rings is 6. The zero-order valence-electron chi connectivity index (χ0n) is 31.8. The summed E-state index contributed by atoms with van der Waals surface area (Å²) in [6.45, 7) is 18.3. The summed E-state index contributed by atoms with van der Waals surface area (Å²) in [7, 11) is 0. The Bertz CT molecular complexity index is 2650. The van der Waals surface area contributed by atoms with E-state index in [0.717, 1.165) is 11.4 Å². The summed E-state index contributed by atoms with van der Waals surface area (Å²) < 4.78 is 4.72. The van der Waals surface area contributed by atoms with Crippen LogP contribution in [0.25, 0.3) is 66.0 Å². The van der Waals surface area contributed by atoms with Crippen LogP contribution in [0.3, 0.4) is 0 Å². The molecule has 0 radical (unpaired) electrons. The van der Waals surface area contributed by atoms with E-state index < -0.39 is 0 Å². The van der Waals surface area contributed by atoms with Crippen molar-refractivity contribution in [2.45, 2.75) is 66.2 Å². The molecule has 0 bridgehead atoms. The zero-order valence-corrected chi connectivity index (χ0v) is 31.8. The first kappa shape index (κ1) is 33.5. The van der Waals surface area contributed by atoms with Crippen molar-refractivity contribution < 1.29 is 9.35 Å². The summed E-state index contributed by atoms with van der Waals surface area (Å²) in [4.78, 5) is 0. The lowest BCUT2D eigenvalue weighted by Gasteiger charge is -2.20. The predicted octanol–water partition coefficient (Wildman–Crippen LogP) is 12.2. The number of rotatable bonds is 4. The van der Waals surface area contributed by atoms with E-state index >= 15 is 0 Å². The van der Waals surface area contributed by atoms with Gasteiger partial charge in [0.15, 0.2) is 0 Å². The zero-order chi connectivity index (χ0) is 36.4. The third-order valence-corrected chi connectivity index (χ3v) is 10.8. The standard InChI is InChI=1S/C50H48N2/c1-33-22-23-36(35-16-10-9-11-17-35)29-43(33)47-30-37(49(3,4)5)24-26-51(47)52-27-25-38(50(6,7)8)31-48(52)44-32-46-42-21-15-13-19-40(42)39-18-12-14-20-41(39)45(46)28-34(44)2/h9-32H,1-8H3/q+2. The predicted molar refractivity (Wildman–Crippen MR) is 220 cm³/mol. The maximum atomic E-state index is 2.45. The molecule has 0 N–H and O–H groups in total. The second kappa shape index (κ2) is 12.6. The molecule has 0 saturated heterocycles. The van der Waals surface area contributed by atoms with Crippen LogP contribution >= 0.6 is 0 Å². The fourth-order valence-corrected chi connectivity index (χ4v) is 7.74. The van der Waals surface area contributed by atoms with Gasteiger partial charge in [0.1, 0.15) is 0 Å². The lowest BCUT2D eigenvalue weighted by atomic mass is 9.85. The molecule has 8 rings (SSSR count). The van der Waals surface area contributed by atoms with Crippen LogP contribution in [0.15, 0.2) is 146 Å². The van der Waals surface area contributed by atoms with Gasteiger partial charge < -0.3 is 0 Å². The van der Waals surface area contributed by atoms with Gasteiger partial charge in [-0.15, -0.1) is 0 Å². The average Bonchev–Trinajstić information content (AvgIpc) is 3.14. The van der Waals surface area contributed by atoms with E-state index in [-0.39, 0.29) is 10.8 Å². The first-order chi connectivity index (χ1) is 24.9. The highest BCUT2D eigenvalue weighted by molar-refractivity contribution is 6.25. The van der Waals surface area contributed by atoms with Gasteiger partial charge in [-0.2, -0.15) is 0 Å². The first-order valence-electron chi connectivity index (χ1n) is 18.5. The van der Waals surface area contributed by atoms with Gasteiger partial charge in [0.2, 0.25) is 12.4 Å². The molecule has 52 heavy (non-hydrogen) atoms. The van der Waals surface area contributed by atoms with Crippen molar-refractivity contribution in [1.29, 1.82) is 0 Å². The van der Waals surface area contributed by atoms with Crippen molar-refractivity contribution in [3.8, 4) is 33.6 Å². The Morgan fingerprint density at radius 1 is 0.365 bits per heavy atom. The fraction of sp³-hybridized carbons (Fsp3) is 0.200. The van der Waals surface area contributed by atoms with Crippen LogP contribution < -0.4 is 9.35 Å². The topological polar surface area (TPSA) is 7.76 Å². The summed E-state index contributed by atoms with van der Waals surface area (Å²) in [5.41, 5.74) is 12.3. The van der Waals surface area contributed by atoms with Crippen LogP contribution in [-0.2, 0) is 10.8 Å². The summed E-state index contributed by atoms with van der Waals surface area (Å²) >= 11 is 0. The number of fused-ring (bicyclic) bond motifs is 6. The molecule has 0 atom stereocenters. The minimum absolute atomic E-state index is 0.0128. The molecule has 2 aromatic heterocycles. The molecule has 2 heterocycles. The molecular weight excluding hydrogens is 629 g/mol. The number of aryl methyl sites for hydroxylation is 2. The van der Waals surface area contributed by atoms with Crippen LogP contribution in [0.4, 0.5) is 0 Å². The third kappa shape index (κ3) is 5.87. The van der Waals surface area contributed by atoms with Crippen LogP contribution in [0.5, 0.6) is 0 Å². The van der Waals surface area contributed by atoms with Gasteiger partial charge in [0.05, 0.1) is 20.5 Å². The van der Waals surface area contributed by atoms with Crippen LogP contribution in [0.1, 0.15) is 63.8 Å². The summed E-state index contributed by atoms with van der Waals surface area (Å²) in [5, 5.41) is 7.75. The van der Waals surface area contributed by atoms with Crippen LogP contribution in [0, 0.1) is 13.8 Å². The van der Waals surface area contributed by atoms with Crippen molar-refractivity contribution in [2.24, 2.45) is 0 Å². The molecule has 0 fully saturated rings. The monoisotopic (exact) mass is 676 g/mol. The average molecular weight is 677 g/mol. The molecule has 6 aromatic carbocycles. The van der Waals surface area contributed by atoms with Crippen molar-refractivity contribution in [3.05, 3.63) is 168 Å². The highest BCUT2D eigenvalue weighted by Gasteiger charge is 2.33. The third-order valence-electron chi connectivity index (χ3n) is 10.8. The van der Waals surface area contributed by atoms with E-state index in [4.69, 9.17) is 0 Å². The quantitative estimate of drug-likeness (QED) is 0.129. The molecule has 0 spiro atoms. The van der Waals surface area contributed by atoms with E-state index in [9.17, 15) is 0 Å². The van der Waals surface area contributed by atoms with Gasteiger partial charge in [-0.3, -0.25) is 0 Å². The Kier molecular flexibility index (Phi) is 8.10. The van der Waals surface area contributed by atoms with Crippen molar-refractivity contribution >= 4 is 32.3 Å². The molecular formula is C50H48N2+2. The maximum absolute atomic E-state index is 2.45. The molecule has 256 valence electrons. The number of nitrogens with zero attached hydrogens (tertiary/aromatic N) is 2. The highest BCUT2D eigenvalue weighted by atomic mass is 15.4. The normalized spacial score (nSPS) is 12.2. The Hall–Kier alpha value is -5.60. The van der Waals surface area contributed by atoms with Gasteiger partial charge in [0.25, 0.3) is 11.4 Å². The van der Waals surface area contributed by atoms with E-state index in [1.54, 1.807) is 0 Å². The Morgan fingerprint density at radius 3 is 1.31 bits per heavy atom. The molecule has 8 aromatic rings. The fourth-order valence-electron chi connectivity index (χ4n) is 7.74. The highest BCUT2D eigenvalue weighted by Crippen LogP contribution is 2.39. The molecule has 0 saturated carbocycles. The number of hydrogen-bond donors (Lipinski definition) is 0. The van der Waals surface area contributed by atoms with Gasteiger partial charge in [-0.1, -0.05) is 133 Å². The minimum atomic E-state index is -0.0221. The number of hydrogen-bond acceptors (Lipinski definition) is 0. The maximum Gasteiger partial charge on any atom is 0.284 e. The lowest BCUT2D eigenvalue weighted by molar-refractivity contribution is -1.29. The van der Waals surface area contributed by atoms with Gasteiger partial charge in [-0.05, 0) is 109 Å². The Balaban J connectivity index is 1.44. The van der Waals surface area contributed by atoms with E-state index in [0.29, 0.717) is 0 Å². The van der Waals surface area contributed by atoms with Gasteiger partial charge >= 0.3 is 0 Å². The minimum Gasteiger partial charge on any atom is -0.0622 e. The first-order valence-corrected chi connectivity index (χ1v) is 18.5. The van der Waals surface area contributed by atoms with E-state index in [1.165, 1.54) is 76.8 Å². The summed E-state index contributed by atoms with van der Waals surface area (Å²) in [5.74, 6) is 0. The molecule has 2 heteroatoms. The number of aromatic nitrogens is 2. The molecule has 0 aliphatic carbocycles. The van der Waals surface area contributed by atoms with Gasteiger partial charge in [0, 0.05) is 24.3 Å². The molecule has 0 unspecified atom stereocenters. The lowest BCUT2D eigenvalue weighted by Crippen LogP contribution is -2.68. The molecule has 0 amide bonds. The van der Waals surface area contributed by atoms with E-state index in [1.807, 2.05) is 0 Å². The Morgan fingerprint density at radius 2 is 0.808 bits per heavy atom. The van der Waals surface area contributed by atoms with E-state index in [2.05, 4.69) is 211 Å². The summed E-state index contributed by atoms with van der Waals surface area (Å²) in [6, 6.07) is 49.6. The largest absolute Gasteiger partial charge is 0.284 e. The summed E-state index contributed by atoms with van der Waals surface area (Å²) in [6.07, 6.45) is 4.54. The molecule has 0 aliphatic heterocycles. The molecule has 0 aliphatic rings. The van der Waals surface area contributed by atoms with Gasteiger partial charge in [-0.25, -0.2) is 0 Å². The second-order valence-electron chi connectivity index (χ2n) is 16.5. The van der Waals surface area contributed by atoms with Crippen molar-refractivity contribution in [2.75, 3.05) is 0 Å². The smallest absolute Gasteiger partial charge is 0.0622 e. The van der Waals surface area contributed by atoms with Crippen molar-refractivity contribution in [3.63, 3.8) is 0 Å².